The van der Waals surface area contributed by atoms with Gasteiger partial charge >= 0.3 is 0 Å². The fourth-order valence-electron chi connectivity index (χ4n) is 1.86. The smallest absolute Gasteiger partial charge is 0.119 e. The fraction of sp³-hybridized carbons (Fsp3) is 0.294. The summed E-state index contributed by atoms with van der Waals surface area (Å²) in [4.78, 5) is 0. The number of aliphatic hydroxyl groups is 1. The highest BCUT2D eigenvalue weighted by molar-refractivity contribution is 5.44. The Morgan fingerprint density at radius 2 is 1.80 bits per heavy atom. The van der Waals surface area contributed by atoms with Crippen LogP contribution in [0.2, 0.25) is 0 Å². The Morgan fingerprint density at radius 3 is 2.50 bits per heavy atom. The van der Waals surface area contributed by atoms with Gasteiger partial charge < -0.3 is 15.2 Å². The maximum atomic E-state index is 9.91. The summed E-state index contributed by atoms with van der Waals surface area (Å²) < 4.78 is 5.57. The molecular formula is C17H21NO2. The zero-order valence-corrected chi connectivity index (χ0v) is 12.0. The Morgan fingerprint density at radius 1 is 1.05 bits per heavy atom. The Balaban J connectivity index is 1.75. The molecule has 106 valence electrons. The molecule has 0 spiro atoms. The van der Waals surface area contributed by atoms with Gasteiger partial charge in [-0.25, -0.2) is 0 Å². The lowest BCUT2D eigenvalue weighted by Gasteiger charge is -2.14. The minimum absolute atomic E-state index is 0.280. The van der Waals surface area contributed by atoms with Crippen LogP contribution >= 0.6 is 0 Å². The summed E-state index contributed by atoms with van der Waals surface area (Å²) in [5, 5.41) is 13.1. The first-order valence-electron chi connectivity index (χ1n) is 6.81. The lowest BCUT2D eigenvalue weighted by molar-refractivity contribution is 0.117. The summed E-state index contributed by atoms with van der Waals surface area (Å²) in [7, 11) is 0. The van der Waals surface area contributed by atoms with E-state index in [4.69, 9.17) is 4.74 Å². The van der Waals surface area contributed by atoms with Crippen molar-refractivity contribution in [2.24, 2.45) is 0 Å². The van der Waals surface area contributed by atoms with E-state index >= 15 is 0 Å². The molecule has 0 aliphatic rings. The summed E-state index contributed by atoms with van der Waals surface area (Å²) in [5.41, 5.74) is 3.37. The molecule has 0 amide bonds. The van der Waals surface area contributed by atoms with Crippen molar-refractivity contribution in [2.75, 3.05) is 18.5 Å². The summed E-state index contributed by atoms with van der Waals surface area (Å²) in [6.07, 6.45) is -0.545. The highest BCUT2D eigenvalue weighted by atomic mass is 16.5. The van der Waals surface area contributed by atoms with Gasteiger partial charge in [0.05, 0.1) is 0 Å². The van der Waals surface area contributed by atoms with Gasteiger partial charge in [0.1, 0.15) is 18.5 Å². The Hall–Kier alpha value is -2.00. The number of anilines is 1. The van der Waals surface area contributed by atoms with Gasteiger partial charge in [-0.3, -0.25) is 0 Å². The van der Waals surface area contributed by atoms with E-state index in [1.807, 2.05) is 62.4 Å². The predicted molar refractivity (Wildman–Crippen MR) is 82.3 cm³/mol. The van der Waals surface area contributed by atoms with Crippen molar-refractivity contribution < 1.29 is 9.84 Å². The molecule has 0 fully saturated rings. The number of hydrogen-bond acceptors (Lipinski definition) is 3. The monoisotopic (exact) mass is 271 g/mol. The quantitative estimate of drug-likeness (QED) is 0.848. The van der Waals surface area contributed by atoms with Crippen LogP contribution in [0.5, 0.6) is 5.75 Å². The van der Waals surface area contributed by atoms with Crippen molar-refractivity contribution in [1.29, 1.82) is 0 Å². The molecule has 2 rings (SSSR count). The Kier molecular flexibility index (Phi) is 5.02. The highest BCUT2D eigenvalue weighted by Crippen LogP contribution is 2.13. The lowest BCUT2D eigenvalue weighted by atomic mass is 10.2. The maximum Gasteiger partial charge on any atom is 0.119 e. The molecule has 20 heavy (non-hydrogen) atoms. The first-order chi connectivity index (χ1) is 9.63. The molecule has 1 atom stereocenters. The summed E-state index contributed by atoms with van der Waals surface area (Å²) in [6.45, 7) is 4.81. The molecule has 0 radical (unpaired) electrons. The van der Waals surface area contributed by atoms with Crippen LogP contribution in [-0.2, 0) is 0 Å². The van der Waals surface area contributed by atoms with Gasteiger partial charge in [-0.05, 0) is 43.7 Å². The molecular weight excluding hydrogens is 250 g/mol. The van der Waals surface area contributed by atoms with E-state index in [9.17, 15) is 5.11 Å². The zero-order chi connectivity index (χ0) is 14.4. The van der Waals surface area contributed by atoms with Gasteiger partial charge in [-0.15, -0.1) is 0 Å². The molecule has 3 nitrogen and oxygen atoms in total. The number of hydrogen-bond donors (Lipinski definition) is 2. The van der Waals surface area contributed by atoms with Crippen LogP contribution in [0.15, 0.2) is 48.5 Å². The van der Waals surface area contributed by atoms with Gasteiger partial charge in [0.25, 0.3) is 0 Å². The predicted octanol–water partition coefficient (Wildman–Crippen LogP) is 3.16. The Labute approximate surface area is 120 Å². The summed E-state index contributed by atoms with van der Waals surface area (Å²) in [6, 6.07) is 15.9. The van der Waals surface area contributed by atoms with Crippen LogP contribution in [0.3, 0.4) is 0 Å². The number of nitrogens with one attached hydrogen (secondary N) is 1. The third kappa shape index (κ3) is 4.59. The standard InChI is InChI=1S/C17H21NO2/c1-13-6-8-15(9-7-13)18-11-16(19)12-20-17-5-3-4-14(2)10-17/h3-10,16,18-19H,11-12H2,1-2H3. The molecule has 2 aromatic rings. The van der Waals surface area contributed by atoms with Gasteiger partial charge in [0, 0.05) is 12.2 Å². The summed E-state index contributed by atoms with van der Waals surface area (Å²) >= 11 is 0. The SMILES string of the molecule is Cc1ccc(NCC(O)COc2cccc(C)c2)cc1. The first kappa shape index (κ1) is 14.4. The molecule has 3 heteroatoms. The number of ether oxygens (including phenoxy) is 1. The van der Waals surface area contributed by atoms with Crippen molar-refractivity contribution in [3.63, 3.8) is 0 Å². The second-order valence-electron chi connectivity index (χ2n) is 5.03. The summed E-state index contributed by atoms with van der Waals surface area (Å²) in [5.74, 6) is 0.791. The van der Waals surface area contributed by atoms with Crippen molar-refractivity contribution in [3.8, 4) is 5.75 Å². The van der Waals surface area contributed by atoms with E-state index in [0.717, 1.165) is 17.0 Å². The number of rotatable bonds is 6. The molecule has 0 aromatic heterocycles. The molecule has 0 aliphatic heterocycles. The molecule has 0 heterocycles. The number of aliphatic hydroxyl groups excluding tert-OH is 1. The Bertz CT molecular complexity index is 537. The number of benzene rings is 2. The third-order valence-corrected chi connectivity index (χ3v) is 3.03. The topological polar surface area (TPSA) is 41.5 Å². The van der Waals surface area contributed by atoms with Gasteiger partial charge in [-0.1, -0.05) is 29.8 Å². The van der Waals surface area contributed by atoms with E-state index in [1.165, 1.54) is 5.56 Å². The molecule has 2 aromatic carbocycles. The van der Waals surface area contributed by atoms with E-state index < -0.39 is 6.10 Å². The highest BCUT2D eigenvalue weighted by Gasteiger charge is 2.05. The van der Waals surface area contributed by atoms with E-state index in [1.54, 1.807) is 0 Å². The van der Waals surface area contributed by atoms with Crippen LogP contribution < -0.4 is 10.1 Å². The van der Waals surface area contributed by atoms with Crippen LogP contribution in [0.25, 0.3) is 0 Å². The molecule has 1 unspecified atom stereocenters. The van der Waals surface area contributed by atoms with Gasteiger partial charge in [0.15, 0.2) is 0 Å². The lowest BCUT2D eigenvalue weighted by Crippen LogP contribution is -2.26. The van der Waals surface area contributed by atoms with Crippen LogP contribution in [0, 0.1) is 13.8 Å². The second-order valence-corrected chi connectivity index (χ2v) is 5.03. The van der Waals surface area contributed by atoms with Crippen LogP contribution in [-0.4, -0.2) is 24.4 Å². The van der Waals surface area contributed by atoms with E-state index in [0.29, 0.717) is 6.54 Å². The van der Waals surface area contributed by atoms with Crippen molar-refractivity contribution >= 4 is 5.69 Å². The number of aryl methyl sites for hydroxylation is 2. The van der Waals surface area contributed by atoms with Crippen molar-refractivity contribution in [2.45, 2.75) is 20.0 Å². The van der Waals surface area contributed by atoms with Crippen LogP contribution in [0.4, 0.5) is 5.69 Å². The van der Waals surface area contributed by atoms with Crippen molar-refractivity contribution in [3.05, 3.63) is 59.7 Å². The first-order valence-corrected chi connectivity index (χ1v) is 6.81. The maximum absolute atomic E-state index is 9.91. The van der Waals surface area contributed by atoms with Gasteiger partial charge in [0.2, 0.25) is 0 Å². The van der Waals surface area contributed by atoms with Crippen molar-refractivity contribution in [1.82, 2.24) is 0 Å². The third-order valence-electron chi connectivity index (χ3n) is 3.03. The molecule has 2 N–H and O–H groups in total. The fourth-order valence-corrected chi connectivity index (χ4v) is 1.86. The average molecular weight is 271 g/mol. The second kappa shape index (κ2) is 6.96. The van der Waals surface area contributed by atoms with E-state index in [-0.39, 0.29) is 6.61 Å². The molecule has 0 saturated heterocycles. The normalized spacial score (nSPS) is 11.9. The molecule has 0 saturated carbocycles. The van der Waals surface area contributed by atoms with Crippen LogP contribution in [0.1, 0.15) is 11.1 Å². The largest absolute Gasteiger partial charge is 0.491 e. The minimum atomic E-state index is -0.545. The average Bonchev–Trinajstić information content (AvgIpc) is 2.45. The van der Waals surface area contributed by atoms with Gasteiger partial charge in [-0.2, -0.15) is 0 Å². The minimum Gasteiger partial charge on any atom is -0.491 e. The molecule has 0 bridgehead atoms. The van der Waals surface area contributed by atoms with E-state index in [2.05, 4.69) is 5.32 Å². The zero-order valence-electron chi connectivity index (χ0n) is 12.0. The molecule has 0 aliphatic carbocycles.